The van der Waals surface area contributed by atoms with E-state index in [0.29, 0.717) is 10.9 Å². The predicted molar refractivity (Wildman–Crippen MR) is 90.0 cm³/mol. The number of fused-ring (bicyclic) bond motifs is 1. The molecule has 6 heteroatoms. The summed E-state index contributed by atoms with van der Waals surface area (Å²) in [6.07, 6.45) is 1.68. The molecule has 116 valence electrons. The van der Waals surface area contributed by atoms with Crippen LogP contribution in [0.2, 0.25) is 0 Å². The minimum Gasteiger partial charge on any atom is -0.507 e. The number of benzene rings is 1. The zero-order chi connectivity index (χ0) is 16.3. The molecule has 0 spiro atoms. The second-order valence-electron chi connectivity index (χ2n) is 4.94. The number of aromatic nitrogens is 3. The summed E-state index contributed by atoms with van der Waals surface area (Å²) in [5, 5.41) is 9.97. The van der Waals surface area contributed by atoms with Crippen LogP contribution in [0.15, 0.2) is 29.6 Å². The minimum absolute atomic E-state index is 0.368. The molecule has 0 saturated carbocycles. The van der Waals surface area contributed by atoms with Gasteiger partial charge in [0, 0.05) is 29.1 Å². The van der Waals surface area contributed by atoms with Crippen LogP contribution in [0.4, 0.5) is 0 Å². The van der Waals surface area contributed by atoms with Crippen molar-refractivity contribution < 1.29 is 9.84 Å². The first-order valence-corrected chi connectivity index (χ1v) is 7.21. The molecule has 0 amide bonds. The molecule has 3 aromatic rings. The average Bonchev–Trinajstić information content (AvgIpc) is 2.88. The highest BCUT2D eigenvalue weighted by molar-refractivity contribution is 7.80. The molecule has 2 heterocycles. The van der Waals surface area contributed by atoms with Crippen LogP contribution in [0.3, 0.4) is 0 Å². The van der Waals surface area contributed by atoms with Gasteiger partial charge >= 0.3 is 0 Å². The van der Waals surface area contributed by atoms with Crippen LogP contribution in [-0.2, 0) is 0 Å². The number of imidazole rings is 1. The van der Waals surface area contributed by atoms with Crippen molar-refractivity contribution in [1.29, 1.82) is 0 Å². The molecule has 0 atom stereocenters. The number of pyridine rings is 1. The third kappa shape index (κ3) is 3.51. The van der Waals surface area contributed by atoms with Crippen molar-refractivity contribution >= 4 is 23.7 Å². The first-order valence-electron chi connectivity index (χ1n) is 6.77. The van der Waals surface area contributed by atoms with E-state index in [1.165, 1.54) is 0 Å². The van der Waals surface area contributed by atoms with E-state index < -0.39 is 0 Å². The van der Waals surface area contributed by atoms with Gasteiger partial charge in [0.2, 0.25) is 0 Å². The number of hydrogen-bond acceptors (Lipinski definition) is 5. The normalized spacial score (nSPS) is 10.2. The van der Waals surface area contributed by atoms with Gasteiger partial charge in [0.05, 0.1) is 18.1 Å². The summed E-state index contributed by atoms with van der Waals surface area (Å²) >= 11 is 4.10. The molecule has 2 aromatic heterocycles. The van der Waals surface area contributed by atoms with Crippen LogP contribution in [0, 0.1) is 20.8 Å². The zero-order valence-electron chi connectivity index (χ0n) is 13.0. The number of nitrogens with zero attached hydrogens (tertiary/aromatic N) is 2. The lowest BCUT2D eigenvalue weighted by Crippen LogP contribution is -1.88. The Labute approximate surface area is 134 Å². The fourth-order valence-corrected chi connectivity index (χ4v) is 2.15. The van der Waals surface area contributed by atoms with Gasteiger partial charge in [-0.15, -0.1) is 12.6 Å². The van der Waals surface area contributed by atoms with Crippen LogP contribution in [0.1, 0.15) is 16.8 Å². The molecule has 0 unspecified atom stereocenters. The van der Waals surface area contributed by atoms with E-state index in [9.17, 15) is 5.11 Å². The SMILES string of the molecule is COc1ccc2[nH]c(S)nc2c1.Cc1cnc(C)c(C)c1O. The lowest BCUT2D eigenvalue weighted by atomic mass is 10.1. The number of nitrogens with one attached hydrogen (secondary N) is 1. The highest BCUT2D eigenvalue weighted by atomic mass is 32.1. The van der Waals surface area contributed by atoms with Gasteiger partial charge in [-0.25, -0.2) is 4.98 Å². The van der Waals surface area contributed by atoms with Crippen molar-refractivity contribution in [2.24, 2.45) is 0 Å². The van der Waals surface area contributed by atoms with Crippen LogP contribution in [-0.4, -0.2) is 27.2 Å². The summed E-state index contributed by atoms with van der Waals surface area (Å²) < 4.78 is 5.05. The van der Waals surface area contributed by atoms with Crippen molar-refractivity contribution in [3.05, 3.63) is 41.2 Å². The topological polar surface area (TPSA) is 71.0 Å². The van der Waals surface area contributed by atoms with E-state index in [-0.39, 0.29) is 0 Å². The summed E-state index contributed by atoms with van der Waals surface area (Å²) in [7, 11) is 1.63. The first kappa shape index (κ1) is 16.2. The number of rotatable bonds is 1. The number of aryl methyl sites for hydroxylation is 2. The molecule has 2 N–H and O–H groups in total. The maximum atomic E-state index is 9.35. The number of ether oxygens (including phenoxy) is 1. The van der Waals surface area contributed by atoms with Crippen molar-refractivity contribution in [3.8, 4) is 11.5 Å². The summed E-state index contributed by atoms with van der Waals surface area (Å²) in [6.45, 7) is 5.59. The molecule has 5 nitrogen and oxygen atoms in total. The Morgan fingerprint density at radius 2 is 1.95 bits per heavy atom. The Morgan fingerprint density at radius 3 is 2.59 bits per heavy atom. The van der Waals surface area contributed by atoms with Gasteiger partial charge in [-0.1, -0.05) is 0 Å². The number of thiol groups is 1. The van der Waals surface area contributed by atoms with Crippen molar-refractivity contribution in [2.75, 3.05) is 7.11 Å². The summed E-state index contributed by atoms with van der Waals surface area (Å²) in [5.41, 5.74) is 4.45. The molecule has 0 radical (unpaired) electrons. The van der Waals surface area contributed by atoms with Gasteiger partial charge in [-0.2, -0.15) is 0 Å². The molecule has 0 fully saturated rings. The lowest BCUT2D eigenvalue weighted by molar-refractivity contribution is 0.415. The number of aromatic hydroxyl groups is 1. The molecule has 22 heavy (non-hydrogen) atoms. The van der Waals surface area contributed by atoms with E-state index >= 15 is 0 Å². The first-order chi connectivity index (χ1) is 10.4. The lowest BCUT2D eigenvalue weighted by Gasteiger charge is -2.03. The van der Waals surface area contributed by atoms with Gasteiger partial charge in [0.1, 0.15) is 11.5 Å². The van der Waals surface area contributed by atoms with Gasteiger partial charge in [0.15, 0.2) is 5.16 Å². The Hall–Kier alpha value is -2.21. The molecule has 0 aliphatic carbocycles. The Morgan fingerprint density at radius 1 is 1.23 bits per heavy atom. The number of H-pyrrole nitrogens is 1. The Balaban J connectivity index is 0.000000164. The van der Waals surface area contributed by atoms with Gasteiger partial charge in [-0.05, 0) is 32.9 Å². The average molecular weight is 317 g/mol. The van der Waals surface area contributed by atoms with Crippen LogP contribution in [0.25, 0.3) is 11.0 Å². The van der Waals surface area contributed by atoms with Gasteiger partial charge < -0.3 is 14.8 Å². The maximum Gasteiger partial charge on any atom is 0.163 e. The molecule has 0 aliphatic rings. The highest BCUT2D eigenvalue weighted by Crippen LogP contribution is 2.21. The molecule has 1 aromatic carbocycles. The molecule has 0 bridgehead atoms. The van der Waals surface area contributed by atoms with E-state index in [2.05, 4.69) is 27.6 Å². The molecular formula is C16H19N3O2S. The van der Waals surface area contributed by atoms with Crippen LogP contribution >= 0.6 is 12.6 Å². The third-order valence-corrected chi connectivity index (χ3v) is 3.61. The number of aromatic amines is 1. The van der Waals surface area contributed by atoms with E-state index in [1.54, 1.807) is 13.3 Å². The zero-order valence-corrected chi connectivity index (χ0v) is 13.9. The smallest absolute Gasteiger partial charge is 0.163 e. The fraction of sp³-hybridized carbons (Fsp3) is 0.250. The van der Waals surface area contributed by atoms with E-state index in [1.807, 2.05) is 39.0 Å². The summed E-state index contributed by atoms with van der Waals surface area (Å²) in [6, 6.07) is 5.67. The molecule has 0 saturated heterocycles. The summed E-state index contributed by atoms with van der Waals surface area (Å²) in [5.74, 6) is 1.18. The third-order valence-electron chi connectivity index (χ3n) is 3.40. The maximum absolute atomic E-state index is 9.35. The predicted octanol–water partition coefficient (Wildman–Crippen LogP) is 3.57. The summed E-state index contributed by atoms with van der Waals surface area (Å²) in [4.78, 5) is 11.2. The minimum atomic E-state index is 0.368. The quantitative estimate of drug-likeness (QED) is 0.600. The molecular weight excluding hydrogens is 298 g/mol. The number of methoxy groups -OCH3 is 1. The molecule has 3 rings (SSSR count). The van der Waals surface area contributed by atoms with Crippen molar-refractivity contribution in [3.63, 3.8) is 0 Å². The Bertz CT molecular complexity index is 772. The van der Waals surface area contributed by atoms with E-state index in [4.69, 9.17) is 4.74 Å². The van der Waals surface area contributed by atoms with E-state index in [0.717, 1.165) is 33.6 Å². The fourth-order valence-electron chi connectivity index (χ4n) is 1.92. The molecule has 0 aliphatic heterocycles. The van der Waals surface area contributed by atoms with Crippen LogP contribution in [0.5, 0.6) is 11.5 Å². The van der Waals surface area contributed by atoms with Crippen LogP contribution < -0.4 is 4.74 Å². The van der Waals surface area contributed by atoms with Gasteiger partial charge in [-0.3, -0.25) is 4.98 Å². The monoisotopic (exact) mass is 317 g/mol. The van der Waals surface area contributed by atoms with Crippen molar-refractivity contribution in [1.82, 2.24) is 15.0 Å². The second kappa shape index (κ2) is 6.70. The largest absolute Gasteiger partial charge is 0.507 e. The van der Waals surface area contributed by atoms with Crippen molar-refractivity contribution in [2.45, 2.75) is 25.9 Å². The highest BCUT2D eigenvalue weighted by Gasteiger charge is 2.02. The second-order valence-corrected chi connectivity index (χ2v) is 5.37. The Kier molecular flexibility index (Phi) is 4.92. The number of hydrogen-bond donors (Lipinski definition) is 3. The standard InChI is InChI=1S/C8H8N2OS.C8H11NO/c1-11-5-2-3-6-7(4-5)10-8(12)9-6;1-5-4-9-7(3)6(2)8(5)10/h2-4H,1H3,(H2,9,10,12);4H,1-3H3,(H,9,10). The van der Waals surface area contributed by atoms with Gasteiger partial charge in [0.25, 0.3) is 0 Å².